The van der Waals surface area contributed by atoms with Gasteiger partial charge in [-0.05, 0) is 49.4 Å². The Bertz CT molecular complexity index is 1190. The SMILES string of the molecule is CCCc1c(OCC(F)F)ccc2cc(C(=O)Nc3ccc(CN(C)CCOC)cc3)c(=O)oc12. The van der Waals surface area contributed by atoms with Crippen LogP contribution in [0.15, 0.2) is 51.7 Å². The Morgan fingerprint density at radius 2 is 1.91 bits per heavy atom. The van der Waals surface area contributed by atoms with Gasteiger partial charge in [0.2, 0.25) is 0 Å². The van der Waals surface area contributed by atoms with E-state index in [4.69, 9.17) is 13.9 Å². The zero-order valence-electron chi connectivity index (χ0n) is 20.1. The molecule has 188 valence electrons. The summed E-state index contributed by atoms with van der Waals surface area (Å²) >= 11 is 0. The molecule has 1 aromatic heterocycles. The topological polar surface area (TPSA) is 81.0 Å². The Kier molecular flexibility index (Phi) is 9.33. The van der Waals surface area contributed by atoms with E-state index in [9.17, 15) is 18.4 Å². The summed E-state index contributed by atoms with van der Waals surface area (Å²) in [6, 6.07) is 11.9. The van der Waals surface area contributed by atoms with Crippen LogP contribution in [0.4, 0.5) is 14.5 Å². The van der Waals surface area contributed by atoms with Gasteiger partial charge in [-0.15, -0.1) is 0 Å². The first kappa shape index (κ1) is 26.3. The maximum absolute atomic E-state index is 12.8. The molecule has 0 saturated carbocycles. The Morgan fingerprint density at radius 3 is 2.57 bits per heavy atom. The first-order valence-electron chi connectivity index (χ1n) is 11.4. The Morgan fingerprint density at radius 1 is 1.17 bits per heavy atom. The zero-order valence-corrected chi connectivity index (χ0v) is 20.1. The van der Waals surface area contributed by atoms with Crippen molar-refractivity contribution < 1.29 is 27.5 Å². The molecule has 3 aromatic rings. The third-order valence-electron chi connectivity index (χ3n) is 5.41. The lowest BCUT2D eigenvalue weighted by atomic mass is 10.0. The number of aryl methyl sites for hydroxylation is 1. The molecule has 3 rings (SSSR count). The fourth-order valence-corrected chi connectivity index (χ4v) is 3.69. The second kappa shape index (κ2) is 12.4. The highest BCUT2D eigenvalue weighted by atomic mass is 19.3. The predicted molar refractivity (Wildman–Crippen MR) is 131 cm³/mol. The van der Waals surface area contributed by atoms with Crippen LogP contribution in [0.25, 0.3) is 11.0 Å². The molecule has 0 unspecified atom stereocenters. The fraction of sp³-hybridized carbons (Fsp3) is 0.385. The van der Waals surface area contributed by atoms with E-state index in [-0.39, 0.29) is 16.9 Å². The molecular weight excluding hydrogens is 458 g/mol. The minimum absolute atomic E-state index is 0.149. The molecule has 7 nitrogen and oxygen atoms in total. The highest BCUT2D eigenvalue weighted by molar-refractivity contribution is 6.05. The van der Waals surface area contributed by atoms with E-state index in [1.54, 1.807) is 31.4 Å². The van der Waals surface area contributed by atoms with Gasteiger partial charge < -0.3 is 19.2 Å². The second-order valence-electron chi connectivity index (χ2n) is 8.24. The van der Waals surface area contributed by atoms with Crippen molar-refractivity contribution in [2.24, 2.45) is 0 Å². The number of benzene rings is 2. The predicted octanol–water partition coefficient (Wildman–Crippen LogP) is 4.72. The van der Waals surface area contributed by atoms with Crippen molar-refractivity contribution in [3.63, 3.8) is 0 Å². The number of ether oxygens (including phenoxy) is 2. The van der Waals surface area contributed by atoms with Crippen molar-refractivity contribution in [2.45, 2.75) is 32.7 Å². The summed E-state index contributed by atoms with van der Waals surface area (Å²) in [6.07, 6.45) is -1.46. The molecule has 0 fully saturated rings. The van der Waals surface area contributed by atoms with Crippen molar-refractivity contribution in [1.82, 2.24) is 4.90 Å². The van der Waals surface area contributed by atoms with E-state index in [1.807, 2.05) is 26.1 Å². The van der Waals surface area contributed by atoms with E-state index in [0.717, 1.165) is 18.7 Å². The highest BCUT2D eigenvalue weighted by Gasteiger charge is 2.18. The van der Waals surface area contributed by atoms with Crippen LogP contribution in [-0.4, -0.2) is 51.1 Å². The van der Waals surface area contributed by atoms with Gasteiger partial charge in [0.15, 0.2) is 0 Å². The van der Waals surface area contributed by atoms with Gasteiger partial charge in [-0.2, -0.15) is 0 Å². The number of anilines is 1. The van der Waals surface area contributed by atoms with Crippen LogP contribution >= 0.6 is 0 Å². The van der Waals surface area contributed by atoms with Crippen molar-refractivity contribution in [2.75, 3.05) is 39.2 Å². The van der Waals surface area contributed by atoms with Gasteiger partial charge in [0, 0.05) is 36.8 Å². The van der Waals surface area contributed by atoms with Gasteiger partial charge in [0.1, 0.15) is 23.5 Å². The molecule has 0 aliphatic rings. The molecule has 0 saturated heterocycles. The average Bonchev–Trinajstić information content (AvgIpc) is 2.83. The van der Waals surface area contributed by atoms with Crippen LogP contribution < -0.4 is 15.7 Å². The van der Waals surface area contributed by atoms with Crippen LogP contribution in [0.1, 0.15) is 34.8 Å². The fourth-order valence-electron chi connectivity index (χ4n) is 3.69. The number of alkyl halides is 2. The van der Waals surface area contributed by atoms with E-state index in [0.29, 0.717) is 36.1 Å². The number of hydrogen-bond donors (Lipinski definition) is 1. The van der Waals surface area contributed by atoms with E-state index in [2.05, 4.69) is 10.2 Å². The molecule has 0 aliphatic carbocycles. The molecular formula is C26H30F2N2O5. The zero-order chi connectivity index (χ0) is 25.4. The Balaban J connectivity index is 1.79. The van der Waals surface area contributed by atoms with Gasteiger partial charge >= 0.3 is 5.63 Å². The molecule has 1 N–H and O–H groups in total. The Labute approximate surface area is 202 Å². The van der Waals surface area contributed by atoms with Crippen molar-refractivity contribution in [1.29, 1.82) is 0 Å². The number of nitrogens with one attached hydrogen (secondary N) is 1. The molecule has 0 spiro atoms. The summed E-state index contributed by atoms with van der Waals surface area (Å²) in [5.41, 5.74) is 1.42. The van der Waals surface area contributed by atoms with Gasteiger partial charge in [-0.25, -0.2) is 13.6 Å². The lowest BCUT2D eigenvalue weighted by Gasteiger charge is -2.16. The number of methoxy groups -OCH3 is 1. The molecule has 1 amide bonds. The quantitative estimate of drug-likeness (QED) is 0.372. The lowest BCUT2D eigenvalue weighted by Crippen LogP contribution is -2.22. The molecule has 0 radical (unpaired) electrons. The summed E-state index contributed by atoms with van der Waals surface area (Å²) in [7, 11) is 3.65. The standard InChI is InChI=1S/C26H30F2N2O5/c1-4-5-20-22(34-16-23(27)28)11-8-18-14-21(26(32)35-24(18)20)25(31)29-19-9-6-17(7-10-19)15-30(2)12-13-33-3/h6-11,14,23H,4-5,12-13,15-16H2,1-3H3,(H,29,31). The minimum Gasteiger partial charge on any atom is -0.487 e. The third kappa shape index (κ3) is 7.10. The second-order valence-corrected chi connectivity index (χ2v) is 8.24. The highest BCUT2D eigenvalue weighted by Crippen LogP contribution is 2.29. The van der Waals surface area contributed by atoms with Crippen LogP contribution in [0, 0.1) is 0 Å². The lowest BCUT2D eigenvalue weighted by molar-refractivity contribution is 0.0814. The van der Waals surface area contributed by atoms with Crippen LogP contribution in [-0.2, 0) is 17.7 Å². The van der Waals surface area contributed by atoms with Crippen molar-refractivity contribution in [3.05, 3.63) is 69.6 Å². The summed E-state index contributed by atoms with van der Waals surface area (Å²) < 4.78 is 41.0. The van der Waals surface area contributed by atoms with Crippen LogP contribution in [0.3, 0.4) is 0 Å². The van der Waals surface area contributed by atoms with Gasteiger partial charge in [0.05, 0.1) is 6.61 Å². The summed E-state index contributed by atoms with van der Waals surface area (Å²) in [5, 5.41) is 3.23. The number of amides is 1. The Hall–Kier alpha value is -3.30. The number of carbonyl (C=O) groups excluding carboxylic acids is 1. The minimum atomic E-state index is -2.62. The normalized spacial score (nSPS) is 11.4. The summed E-state index contributed by atoms with van der Waals surface area (Å²) in [5.74, 6) is -0.353. The van der Waals surface area contributed by atoms with Gasteiger partial charge in [-0.1, -0.05) is 25.5 Å². The number of fused-ring (bicyclic) bond motifs is 1. The van der Waals surface area contributed by atoms with Crippen LogP contribution in [0.5, 0.6) is 5.75 Å². The van der Waals surface area contributed by atoms with Gasteiger partial charge in [0.25, 0.3) is 12.3 Å². The third-order valence-corrected chi connectivity index (χ3v) is 5.41. The molecule has 9 heteroatoms. The number of hydrogen-bond acceptors (Lipinski definition) is 6. The summed E-state index contributed by atoms with van der Waals surface area (Å²) in [6.45, 7) is 3.33. The maximum Gasteiger partial charge on any atom is 0.349 e. The van der Waals surface area contributed by atoms with E-state index in [1.165, 1.54) is 6.07 Å². The van der Waals surface area contributed by atoms with Gasteiger partial charge in [-0.3, -0.25) is 9.69 Å². The molecule has 1 heterocycles. The summed E-state index contributed by atoms with van der Waals surface area (Å²) in [4.78, 5) is 27.6. The van der Waals surface area contributed by atoms with E-state index >= 15 is 0 Å². The average molecular weight is 489 g/mol. The maximum atomic E-state index is 12.8. The largest absolute Gasteiger partial charge is 0.487 e. The first-order chi connectivity index (χ1) is 16.8. The number of rotatable bonds is 12. The smallest absolute Gasteiger partial charge is 0.349 e. The van der Waals surface area contributed by atoms with Crippen molar-refractivity contribution in [3.8, 4) is 5.75 Å². The number of nitrogens with zero attached hydrogens (tertiary/aromatic N) is 1. The molecule has 35 heavy (non-hydrogen) atoms. The number of carbonyl (C=O) groups is 1. The molecule has 2 aromatic carbocycles. The molecule has 0 atom stereocenters. The number of halogens is 2. The first-order valence-corrected chi connectivity index (χ1v) is 11.4. The van der Waals surface area contributed by atoms with E-state index < -0.39 is 24.6 Å². The van der Waals surface area contributed by atoms with Crippen LogP contribution in [0.2, 0.25) is 0 Å². The monoisotopic (exact) mass is 488 g/mol. The van der Waals surface area contributed by atoms with Crippen molar-refractivity contribution >= 4 is 22.6 Å². The molecule has 0 aliphatic heterocycles. The molecule has 0 bridgehead atoms. The number of likely N-dealkylation sites (N-methyl/N-ethyl adjacent to an activating group) is 1.